The number of carbonyl (C=O) groups is 1. The standard InChI is InChI=1S/C27H33ClFN5O2/c1-3-20-10-21(8-16(2)34(20)13-17-4-5-17)36-25-9-19(29)6-7-22(25)27(35)33-14-23(24(30)15-33)26-31-11-18(28)12-32-26/h6-7,9,11-12,16-17,20-21,30-31H,3-5,8,10,13-15H2,1-2H3/b26-23+,30-24?. The topological polar surface area (TPSA) is 81.0 Å². The Bertz CT molecular complexity index is 1140. The molecule has 4 aliphatic rings. The summed E-state index contributed by atoms with van der Waals surface area (Å²) < 4.78 is 20.6. The monoisotopic (exact) mass is 513 g/mol. The quantitative estimate of drug-likeness (QED) is 0.578. The first-order valence-corrected chi connectivity index (χ1v) is 13.2. The Morgan fingerprint density at radius 2 is 2.11 bits per heavy atom. The van der Waals surface area contributed by atoms with Gasteiger partial charge in [0.25, 0.3) is 5.91 Å². The van der Waals surface area contributed by atoms with Gasteiger partial charge in [0.15, 0.2) is 0 Å². The summed E-state index contributed by atoms with van der Waals surface area (Å²) in [5.74, 6) is 0.888. The Kier molecular flexibility index (Phi) is 7.17. The molecule has 36 heavy (non-hydrogen) atoms. The smallest absolute Gasteiger partial charge is 0.258 e. The van der Waals surface area contributed by atoms with Crippen molar-refractivity contribution in [3.63, 3.8) is 0 Å². The van der Waals surface area contributed by atoms with Crippen LogP contribution >= 0.6 is 11.6 Å². The lowest BCUT2D eigenvalue weighted by molar-refractivity contribution is 0.0137. The van der Waals surface area contributed by atoms with Gasteiger partial charge in [0, 0.05) is 42.7 Å². The lowest BCUT2D eigenvalue weighted by Gasteiger charge is -2.44. The van der Waals surface area contributed by atoms with E-state index < -0.39 is 5.82 Å². The van der Waals surface area contributed by atoms with E-state index in [4.69, 9.17) is 21.7 Å². The van der Waals surface area contributed by atoms with Gasteiger partial charge < -0.3 is 20.4 Å². The summed E-state index contributed by atoms with van der Waals surface area (Å²) in [6.45, 7) is 5.98. The van der Waals surface area contributed by atoms with Gasteiger partial charge in [0.2, 0.25) is 0 Å². The molecule has 7 nitrogen and oxygen atoms in total. The molecular weight excluding hydrogens is 481 g/mol. The lowest BCUT2D eigenvalue weighted by atomic mass is 9.91. The first kappa shape index (κ1) is 25.0. The number of nitrogens with zero attached hydrogens (tertiary/aromatic N) is 3. The number of carbonyl (C=O) groups excluding carboxylic acids is 1. The van der Waals surface area contributed by atoms with E-state index in [1.807, 2.05) is 0 Å². The van der Waals surface area contributed by atoms with Gasteiger partial charge in [-0.2, -0.15) is 0 Å². The Labute approximate surface area is 216 Å². The number of amides is 1. The van der Waals surface area contributed by atoms with Crippen molar-refractivity contribution in [2.45, 2.75) is 64.1 Å². The van der Waals surface area contributed by atoms with Gasteiger partial charge in [0.1, 0.15) is 23.5 Å². The predicted octanol–water partition coefficient (Wildman–Crippen LogP) is 4.69. The van der Waals surface area contributed by atoms with E-state index in [9.17, 15) is 9.18 Å². The minimum atomic E-state index is -0.436. The molecule has 1 aliphatic carbocycles. The summed E-state index contributed by atoms with van der Waals surface area (Å²) in [5.41, 5.74) is 1.26. The fourth-order valence-electron chi connectivity index (χ4n) is 5.45. The van der Waals surface area contributed by atoms with E-state index in [2.05, 4.69) is 29.1 Å². The van der Waals surface area contributed by atoms with E-state index in [0.717, 1.165) is 31.7 Å². The van der Waals surface area contributed by atoms with Crippen molar-refractivity contribution in [3.05, 3.63) is 52.2 Å². The summed E-state index contributed by atoms with van der Waals surface area (Å²) in [7, 11) is 0. The largest absolute Gasteiger partial charge is 0.489 e. The Morgan fingerprint density at radius 1 is 1.31 bits per heavy atom. The molecule has 192 valence electrons. The maximum Gasteiger partial charge on any atom is 0.258 e. The van der Waals surface area contributed by atoms with Gasteiger partial charge in [0.05, 0.1) is 29.4 Å². The van der Waals surface area contributed by atoms with Gasteiger partial charge in [-0.15, -0.1) is 0 Å². The highest BCUT2D eigenvalue weighted by molar-refractivity contribution is 6.39. The molecule has 5 rings (SSSR count). The molecule has 3 aliphatic heterocycles. The minimum absolute atomic E-state index is 0.0828. The molecule has 1 aromatic carbocycles. The molecule has 3 fully saturated rings. The van der Waals surface area contributed by atoms with Gasteiger partial charge in [-0.3, -0.25) is 9.69 Å². The summed E-state index contributed by atoms with van der Waals surface area (Å²) in [4.78, 5) is 22.0. The average Bonchev–Trinajstić information content (AvgIpc) is 3.59. The summed E-state index contributed by atoms with van der Waals surface area (Å²) in [6, 6.07) is 4.89. The molecule has 3 heterocycles. The Balaban J connectivity index is 1.32. The third kappa shape index (κ3) is 5.34. The highest BCUT2D eigenvalue weighted by Crippen LogP contribution is 2.36. The maximum atomic E-state index is 14.3. The molecular formula is C27H33ClFN5O2. The first-order valence-electron chi connectivity index (χ1n) is 12.8. The molecule has 0 spiro atoms. The second-order valence-corrected chi connectivity index (χ2v) is 10.7. The normalized spacial score (nSPS) is 28.8. The van der Waals surface area contributed by atoms with Crippen molar-refractivity contribution < 1.29 is 13.9 Å². The van der Waals surface area contributed by atoms with Crippen LogP contribution in [-0.4, -0.2) is 65.5 Å². The molecule has 1 saturated carbocycles. The van der Waals surface area contributed by atoms with Crippen molar-refractivity contribution >= 4 is 29.4 Å². The summed E-state index contributed by atoms with van der Waals surface area (Å²) in [5, 5.41) is 11.8. The SMILES string of the molecule is CCC1CC(Oc2cc(F)ccc2C(=O)N2CC(=N)/C(=C3/N=CC(Cl)=CN3)C2)CC(C)N1CC1CC1. The highest BCUT2D eigenvalue weighted by atomic mass is 35.5. The zero-order chi connectivity index (χ0) is 25.4. The van der Waals surface area contributed by atoms with Crippen molar-refractivity contribution in [1.29, 1.82) is 5.41 Å². The number of likely N-dealkylation sites (tertiary alicyclic amines) is 2. The molecule has 9 heteroatoms. The van der Waals surface area contributed by atoms with Gasteiger partial charge in [-0.05, 0) is 57.1 Å². The molecule has 0 aromatic heterocycles. The Morgan fingerprint density at radius 3 is 2.81 bits per heavy atom. The van der Waals surface area contributed by atoms with Crippen LogP contribution in [0.25, 0.3) is 0 Å². The van der Waals surface area contributed by atoms with Gasteiger partial charge >= 0.3 is 0 Å². The first-order chi connectivity index (χ1) is 17.3. The number of ether oxygens (including phenoxy) is 1. The summed E-state index contributed by atoms with van der Waals surface area (Å²) >= 11 is 5.92. The predicted molar refractivity (Wildman–Crippen MR) is 139 cm³/mol. The van der Waals surface area contributed by atoms with Crippen molar-refractivity contribution in [2.24, 2.45) is 10.9 Å². The van der Waals surface area contributed by atoms with E-state index in [0.29, 0.717) is 39.8 Å². The zero-order valence-electron chi connectivity index (χ0n) is 20.8. The second-order valence-electron chi connectivity index (χ2n) is 10.3. The number of nitrogens with one attached hydrogen (secondary N) is 2. The number of aliphatic imine (C=N–C) groups is 1. The third-order valence-electron chi connectivity index (χ3n) is 7.58. The van der Waals surface area contributed by atoms with E-state index in [-0.39, 0.29) is 30.9 Å². The number of allylic oxidation sites excluding steroid dienone is 1. The molecule has 3 atom stereocenters. The number of piperidine rings is 1. The van der Waals surface area contributed by atoms with E-state index in [1.54, 1.807) is 11.1 Å². The van der Waals surface area contributed by atoms with E-state index >= 15 is 0 Å². The maximum absolute atomic E-state index is 14.3. The highest BCUT2D eigenvalue weighted by Gasteiger charge is 2.37. The molecule has 2 saturated heterocycles. The summed E-state index contributed by atoms with van der Waals surface area (Å²) in [6.07, 6.45) is 8.42. The van der Waals surface area contributed by atoms with Crippen LogP contribution in [0.3, 0.4) is 0 Å². The number of hydrogen-bond acceptors (Lipinski definition) is 6. The fourth-order valence-corrected chi connectivity index (χ4v) is 5.55. The van der Waals surface area contributed by atoms with Crippen molar-refractivity contribution in [2.75, 3.05) is 19.6 Å². The number of halogens is 2. The lowest BCUT2D eigenvalue weighted by Crippen LogP contribution is -2.51. The van der Waals surface area contributed by atoms with Crippen molar-refractivity contribution in [3.8, 4) is 5.75 Å². The van der Waals surface area contributed by atoms with Crippen LogP contribution in [0, 0.1) is 17.1 Å². The third-order valence-corrected chi connectivity index (χ3v) is 7.78. The number of benzene rings is 1. The van der Waals surface area contributed by atoms with Gasteiger partial charge in [-0.25, -0.2) is 9.38 Å². The van der Waals surface area contributed by atoms with Crippen LogP contribution < -0.4 is 10.1 Å². The van der Waals surface area contributed by atoms with Crippen LogP contribution in [0.5, 0.6) is 5.75 Å². The van der Waals surface area contributed by atoms with Crippen LogP contribution in [-0.2, 0) is 0 Å². The number of rotatable bonds is 6. The second kappa shape index (κ2) is 10.3. The molecule has 0 radical (unpaired) electrons. The van der Waals surface area contributed by atoms with Gasteiger partial charge in [-0.1, -0.05) is 18.5 Å². The van der Waals surface area contributed by atoms with Crippen molar-refractivity contribution in [1.82, 2.24) is 15.1 Å². The molecule has 0 bridgehead atoms. The van der Waals surface area contributed by atoms with E-state index in [1.165, 1.54) is 37.3 Å². The average molecular weight is 514 g/mol. The van der Waals surface area contributed by atoms with Crippen LogP contribution in [0.4, 0.5) is 4.39 Å². The number of hydrogen-bond donors (Lipinski definition) is 2. The zero-order valence-corrected chi connectivity index (χ0v) is 21.5. The fraction of sp³-hybridized carbons (Fsp3) is 0.519. The minimum Gasteiger partial charge on any atom is -0.489 e. The molecule has 2 N–H and O–H groups in total. The van der Waals surface area contributed by atoms with Crippen LogP contribution in [0.2, 0.25) is 0 Å². The molecule has 1 amide bonds. The van der Waals surface area contributed by atoms with Crippen LogP contribution in [0.15, 0.2) is 45.8 Å². The molecule has 3 unspecified atom stereocenters. The Hall–Kier alpha value is -2.71. The van der Waals surface area contributed by atoms with Crippen LogP contribution in [0.1, 0.15) is 56.3 Å². The molecule has 1 aromatic rings.